The first-order valence-corrected chi connectivity index (χ1v) is 4.13. The molecule has 2 heteroatoms. The first-order valence-electron chi connectivity index (χ1n) is 4.13. The van der Waals surface area contributed by atoms with Crippen molar-refractivity contribution >= 4 is 0 Å². The van der Waals surface area contributed by atoms with Crippen LogP contribution in [0.4, 0.5) is 0 Å². The highest BCUT2D eigenvalue weighted by atomic mass is 16.6. The van der Waals surface area contributed by atoms with Crippen molar-refractivity contribution in [3.05, 3.63) is 35.9 Å². The minimum Gasteiger partial charge on any atom is -0.380 e. The van der Waals surface area contributed by atoms with Crippen LogP contribution in [0.1, 0.15) is 12.5 Å². The quantitative estimate of drug-likeness (QED) is 0.677. The van der Waals surface area contributed by atoms with Gasteiger partial charge in [-0.25, -0.2) is 0 Å². The SMILES string of the molecule is CC1OCC1(O)c1ccccc1. The topological polar surface area (TPSA) is 29.5 Å². The van der Waals surface area contributed by atoms with Crippen molar-refractivity contribution in [3.8, 4) is 0 Å². The average molecular weight is 164 g/mol. The monoisotopic (exact) mass is 164 g/mol. The molecule has 1 heterocycles. The van der Waals surface area contributed by atoms with E-state index < -0.39 is 5.60 Å². The van der Waals surface area contributed by atoms with Gasteiger partial charge in [0.05, 0.1) is 12.7 Å². The van der Waals surface area contributed by atoms with Crippen molar-refractivity contribution in [3.63, 3.8) is 0 Å². The van der Waals surface area contributed by atoms with E-state index in [1.54, 1.807) is 0 Å². The Hall–Kier alpha value is -0.860. The van der Waals surface area contributed by atoms with Crippen LogP contribution in [0.15, 0.2) is 30.3 Å². The van der Waals surface area contributed by atoms with Gasteiger partial charge < -0.3 is 9.84 Å². The highest BCUT2D eigenvalue weighted by Gasteiger charge is 2.45. The third-order valence-electron chi connectivity index (χ3n) is 2.50. The van der Waals surface area contributed by atoms with Gasteiger partial charge in [-0.15, -0.1) is 0 Å². The Morgan fingerprint density at radius 3 is 2.50 bits per heavy atom. The van der Waals surface area contributed by atoms with Crippen molar-refractivity contribution < 1.29 is 9.84 Å². The van der Waals surface area contributed by atoms with Crippen LogP contribution < -0.4 is 0 Å². The van der Waals surface area contributed by atoms with E-state index in [0.717, 1.165) is 5.56 Å². The van der Waals surface area contributed by atoms with Crippen LogP contribution in [0.2, 0.25) is 0 Å². The molecule has 1 aliphatic heterocycles. The van der Waals surface area contributed by atoms with E-state index in [1.165, 1.54) is 0 Å². The zero-order valence-corrected chi connectivity index (χ0v) is 7.03. The van der Waals surface area contributed by atoms with Gasteiger partial charge in [-0.2, -0.15) is 0 Å². The molecule has 1 fully saturated rings. The predicted octanol–water partition coefficient (Wildman–Crippen LogP) is 1.29. The van der Waals surface area contributed by atoms with E-state index in [-0.39, 0.29) is 6.10 Å². The summed E-state index contributed by atoms with van der Waals surface area (Å²) in [6, 6.07) is 9.66. The molecule has 12 heavy (non-hydrogen) atoms. The van der Waals surface area contributed by atoms with Gasteiger partial charge in [0, 0.05) is 0 Å². The Labute approximate surface area is 71.8 Å². The molecule has 0 aliphatic carbocycles. The first-order chi connectivity index (χ1) is 5.73. The van der Waals surface area contributed by atoms with Gasteiger partial charge in [0.25, 0.3) is 0 Å². The molecular weight excluding hydrogens is 152 g/mol. The highest BCUT2D eigenvalue weighted by molar-refractivity contribution is 5.25. The number of aliphatic hydroxyl groups is 1. The molecule has 1 aromatic carbocycles. The molecule has 1 N–H and O–H groups in total. The van der Waals surface area contributed by atoms with Crippen LogP contribution in [-0.4, -0.2) is 17.8 Å². The number of ether oxygens (including phenoxy) is 1. The molecule has 0 amide bonds. The molecule has 1 aromatic rings. The van der Waals surface area contributed by atoms with E-state index >= 15 is 0 Å². The Kier molecular flexibility index (Phi) is 1.67. The predicted molar refractivity (Wildman–Crippen MR) is 45.8 cm³/mol. The van der Waals surface area contributed by atoms with Crippen molar-refractivity contribution in [2.45, 2.75) is 18.6 Å². The Bertz CT molecular complexity index is 270. The van der Waals surface area contributed by atoms with Crippen LogP contribution in [0.5, 0.6) is 0 Å². The Balaban J connectivity index is 2.31. The lowest BCUT2D eigenvalue weighted by molar-refractivity contribution is -0.236. The van der Waals surface area contributed by atoms with Gasteiger partial charge in [0.2, 0.25) is 0 Å². The number of benzene rings is 1. The molecule has 64 valence electrons. The van der Waals surface area contributed by atoms with Crippen molar-refractivity contribution in [1.82, 2.24) is 0 Å². The largest absolute Gasteiger partial charge is 0.380 e. The maximum absolute atomic E-state index is 10.0. The normalized spacial score (nSPS) is 34.3. The summed E-state index contributed by atoms with van der Waals surface area (Å²) in [5.41, 5.74) is 0.199. The Morgan fingerprint density at radius 1 is 1.42 bits per heavy atom. The lowest BCUT2D eigenvalue weighted by Gasteiger charge is -2.43. The minimum atomic E-state index is -0.749. The second-order valence-electron chi connectivity index (χ2n) is 3.24. The minimum absolute atomic E-state index is 0.0834. The summed E-state index contributed by atoms with van der Waals surface area (Å²) in [4.78, 5) is 0. The molecule has 1 aliphatic rings. The van der Waals surface area contributed by atoms with Crippen LogP contribution in [0, 0.1) is 0 Å². The molecule has 2 unspecified atom stereocenters. The third kappa shape index (κ3) is 0.958. The second kappa shape index (κ2) is 2.57. The number of hydrogen-bond acceptors (Lipinski definition) is 2. The maximum atomic E-state index is 10.0. The molecule has 0 aromatic heterocycles. The van der Waals surface area contributed by atoms with Crippen molar-refractivity contribution in [1.29, 1.82) is 0 Å². The van der Waals surface area contributed by atoms with Crippen LogP contribution >= 0.6 is 0 Å². The zero-order valence-electron chi connectivity index (χ0n) is 7.03. The second-order valence-corrected chi connectivity index (χ2v) is 3.24. The Morgan fingerprint density at radius 2 is 2.08 bits per heavy atom. The molecule has 2 atom stereocenters. The van der Waals surface area contributed by atoms with Crippen LogP contribution in [0.3, 0.4) is 0 Å². The maximum Gasteiger partial charge on any atom is 0.139 e. The number of hydrogen-bond donors (Lipinski definition) is 1. The lowest BCUT2D eigenvalue weighted by Crippen LogP contribution is -2.53. The summed E-state index contributed by atoms with van der Waals surface area (Å²) < 4.78 is 5.15. The van der Waals surface area contributed by atoms with E-state index in [4.69, 9.17) is 4.74 Å². The zero-order chi connectivity index (χ0) is 8.60. The summed E-state index contributed by atoms with van der Waals surface area (Å²) in [5.74, 6) is 0. The van der Waals surface area contributed by atoms with Gasteiger partial charge in [0.1, 0.15) is 5.60 Å². The summed E-state index contributed by atoms with van der Waals surface area (Å²) in [6.07, 6.45) is -0.0834. The number of rotatable bonds is 1. The molecule has 2 nitrogen and oxygen atoms in total. The molecule has 0 saturated carbocycles. The van der Waals surface area contributed by atoms with Gasteiger partial charge in [-0.3, -0.25) is 0 Å². The molecule has 0 spiro atoms. The van der Waals surface area contributed by atoms with Crippen LogP contribution in [0.25, 0.3) is 0 Å². The smallest absolute Gasteiger partial charge is 0.139 e. The van der Waals surface area contributed by atoms with Gasteiger partial charge in [0.15, 0.2) is 0 Å². The van der Waals surface area contributed by atoms with E-state index in [0.29, 0.717) is 6.61 Å². The average Bonchev–Trinajstić information content (AvgIpc) is 2.16. The fraction of sp³-hybridized carbons (Fsp3) is 0.400. The third-order valence-corrected chi connectivity index (χ3v) is 2.50. The summed E-state index contributed by atoms with van der Waals surface area (Å²) in [5, 5.41) is 10.0. The first kappa shape index (κ1) is 7.77. The van der Waals surface area contributed by atoms with Gasteiger partial charge in [-0.05, 0) is 12.5 Å². The summed E-state index contributed by atoms with van der Waals surface area (Å²) in [6.45, 7) is 2.30. The molecule has 2 rings (SSSR count). The molecular formula is C10H12O2. The van der Waals surface area contributed by atoms with E-state index in [2.05, 4.69) is 0 Å². The molecule has 1 saturated heterocycles. The lowest BCUT2D eigenvalue weighted by atomic mass is 9.86. The van der Waals surface area contributed by atoms with Crippen molar-refractivity contribution in [2.24, 2.45) is 0 Å². The van der Waals surface area contributed by atoms with Gasteiger partial charge in [-0.1, -0.05) is 30.3 Å². The van der Waals surface area contributed by atoms with Crippen molar-refractivity contribution in [2.75, 3.05) is 6.61 Å². The molecule has 0 bridgehead atoms. The summed E-state index contributed by atoms with van der Waals surface area (Å²) >= 11 is 0. The van der Waals surface area contributed by atoms with Gasteiger partial charge >= 0.3 is 0 Å². The van der Waals surface area contributed by atoms with E-state index in [9.17, 15) is 5.11 Å². The summed E-state index contributed by atoms with van der Waals surface area (Å²) in [7, 11) is 0. The fourth-order valence-corrected chi connectivity index (χ4v) is 1.45. The fourth-order valence-electron chi connectivity index (χ4n) is 1.45. The standard InChI is InChI=1S/C10H12O2/c1-8-10(11,7-12-8)9-5-3-2-4-6-9/h2-6,8,11H,7H2,1H3. The van der Waals surface area contributed by atoms with Crippen LogP contribution in [-0.2, 0) is 10.3 Å². The highest BCUT2D eigenvalue weighted by Crippen LogP contribution is 2.35. The molecule has 0 radical (unpaired) electrons. The van der Waals surface area contributed by atoms with E-state index in [1.807, 2.05) is 37.3 Å².